The molecule has 1 N–H and O–H groups in total. The van der Waals surface area contributed by atoms with E-state index in [1.54, 1.807) is 7.11 Å². The van der Waals surface area contributed by atoms with E-state index >= 15 is 0 Å². The summed E-state index contributed by atoms with van der Waals surface area (Å²) < 4.78 is 6.79. The van der Waals surface area contributed by atoms with Gasteiger partial charge in [0.1, 0.15) is 11.3 Å². The van der Waals surface area contributed by atoms with Gasteiger partial charge in [-0.1, -0.05) is 17.4 Å². The van der Waals surface area contributed by atoms with Crippen molar-refractivity contribution in [3.05, 3.63) is 53.5 Å². The van der Waals surface area contributed by atoms with Gasteiger partial charge in [0.25, 0.3) is 5.91 Å². The third kappa shape index (κ3) is 2.63. The first-order valence-electron chi connectivity index (χ1n) is 6.11. The number of carbonyl (C=O) groups is 1. The number of hydrogen-bond donors (Lipinski definition) is 1. The number of aromatic nitrogens is 2. The fourth-order valence-corrected chi connectivity index (χ4v) is 2.75. The van der Waals surface area contributed by atoms with Crippen LogP contribution in [0.1, 0.15) is 10.4 Å². The lowest BCUT2D eigenvalue weighted by Gasteiger charge is -2.01. The Morgan fingerprint density at radius 3 is 2.81 bits per heavy atom. The number of rotatable bonds is 3. The molecular formula is C14H11N3O3S. The molecule has 3 rings (SSSR count). The summed E-state index contributed by atoms with van der Waals surface area (Å²) in [5.41, 5.74) is 1.11. The number of anilines is 1. The quantitative estimate of drug-likeness (QED) is 0.594. The number of amides is 1. The van der Waals surface area contributed by atoms with E-state index in [-0.39, 0.29) is 5.91 Å². The van der Waals surface area contributed by atoms with Gasteiger partial charge in [-0.2, -0.15) is 4.73 Å². The van der Waals surface area contributed by atoms with Gasteiger partial charge >= 0.3 is 0 Å². The highest BCUT2D eigenvalue weighted by molar-refractivity contribution is 7.22. The Labute approximate surface area is 124 Å². The van der Waals surface area contributed by atoms with E-state index in [0.717, 1.165) is 4.70 Å². The highest BCUT2D eigenvalue weighted by Crippen LogP contribution is 2.32. The zero-order valence-corrected chi connectivity index (χ0v) is 11.9. The van der Waals surface area contributed by atoms with E-state index < -0.39 is 0 Å². The Balaban J connectivity index is 1.88. The molecule has 2 aromatic heterocycles. The van der Waals surface area contributed by atoms with Crippen molar-refractivity contribution in [1.29, 1.82) is 0 Å². The summed E-state index contributed by atoms with van der Waals surface area (Å²) in [7, 11) is 1.58. The molecular weight excluding hydrogens is 290 g/mol. The summed E-state index contributed by atoms with van der Waals surface area (Å²) in [4.78, 5) is 16.4. The number of methoxy groups -OCH3 is 1. The van der Waals surface area contributed by atoms with Crippen molar-refractivity contribution in [3.8, 4) is 5.75 Å². The minimum Gasteiger partial charge on any atom is -0.619 e. The fraction of sp³-hybridized carbons (Fsp3) is 0.0714. The van der Waals surface area contributed by atoms with E-state index in [9.17, 15) is 10.0 Å². The molecule has 106 valence electrons. The molecule has 0 atom stereocenters. The number of ether oxygens (including phenoxy) is 1. The zero-order chi connectivity index (χ0) is 14.8. The highest BCUT2D eigenvalue weighted by atomic mass is 32.1. The van der Waals surface area contributed by atoms with Gasteiger partial charge in [0.15, 0.2) is 17.5 Å². The van der Waals surface area contributed by atoms with Crippen LogP contribution >= 0.6 is 11.3 Å². The standard InChI is InChI=1S/C14H11N3O3S/c1-20-10-3-2-4-11-12(10)15-14(21-11)16-13(18)9-5-7-17(19)8-6-9/h2-8H,1H3,(H,15,16,18). The van der Waals surface area contributed by atoms with Gasteiger partial charge in [0.2, 0.25) is 0 Å². The maximum Gasteiger partial charge on any atom is 0.257 e. The van der Waals surface area contributed by atoms with Crippen LogP contribution in [0, 0.1) is 5.21 Å². The molecule has 0 saturated carbocycles. The monoisotopic (exact) mass is 301 g/mol. The third-order valence-electron chi connectivity index (χ3n) is 2.89. The molecule has 1 aromatic carbocycles. The SMILES string of the molecule is COc1cccc2sc(NC(=O)c3cc[n+]([O-])cc3)nc12. The maximum absolute atomic E-state index is 12.1. The number of nitrogens with one attached hydrogen (secondary N) is 1. The predicted octanol–water partition coefficient (Wildman–Crippen LogP) is 2.19. The topological polar surface area (TPSA) is 78.2 Å². The van der Waals surface area contributed by atoms with Crippen molar-refractivity contribution < 1.29 is 14.3 Å². The zero-order valence-electron chi connectivity index (χ0n) is 11.1. The Hall–Kier alpha value is -2.67. The first kappa shape index (κ1) is 13.3. The molecule has 0 aliphatic heterocycles. The molecule has 3 aromatic rings. The van der Waals surface area contributed by atoms with E-state index in [1.165, 1.54) is 35.9 Å². The highest BCUT2D eigenvalue weighted by Gasteiger charge is 2.12. The van der Waals surface area contributed by atoms with Crippen molar-refractivity contribution in [2.45, 2.75) is 0 Å². The van der Waals surface area contributed by atoms with Crippen molar-refractivity contribution in [1.82, 2.24) is 4.98 Å². The lowest BCUT2D eigenvalue weighted by Crippen LogP contribution is -2.25. The van der Waals surface area contributed by atoms with E-state index in [0.29, 0.717) is 26.7 Å². The van der Waals surface area contributed by atoms with E-state index in [4.69, 9.17) is 4.74 Å². The number of fused-ring (bicyclic) bond motifs is 1. The summed E-state index contributed by atoms with van der Waals surface area (Å²) in [5.74, 6) is 0.352. The molecule has 0 bridgehead atoms. The van der Waals surface area contributed by atoms with Crippen LogP contribution in [0.5, 0.6) is 5.75 Å². The summed E-state index contributed by atoms with van der Waals surface area (Å²) >= 11 is 1.36. The Kier molecular flexibility index (Phi) is 3.41. The second-order valence-electron chi connectivity index (χ2n) is 4.23. The van der Waals surface area contributed by atoms with Crippen molar-refractivity contribution >= 4 is 32.6 Å². The van der Waals surface area contributed by atoms with E-state index in [2.05, 4.69) is 10.3 Å². The van der Waals surface area contributed by atoms with Crippen LogP contribution in [-0.2, 0) is 0 Å². The smallest absolute Gasteiger partial charge is 0.257 e. The lowest BCUT2D eigenvalue weighted by molar-refractivity contribution is -0.605. The molecule has 0 aliphatic rings. The third-order valence-corrected chi connectivity index (χ3v) is 3.82. The Bertz CT molecular complexity index is 799. The maximum atomic E-state index is 12.1. The summed E-state index contributed by atoms with van der Waals surface area (Å²) in [6.45, 7) is 0. The van der Waals surface area contributed by atoms with Gasteiger partial charge in [-0.3, -0.25) is 10.1 Å². The molecule has 1 amide bonds. The van der Waals surface area contributed by atoms with Crippen LogP contribution in [0.2, 0.25) is 0 Å². The normalized spacial score (nSPS) is 10.5. The van der Waals surface area contributed by atoms with Gasteiger partial charge in [-0.25, -0.2) is 4.98 Å². The molecule has 0 saturated heterocycles. The summed E-state index contributed by atoms with van der Waals surface area (Å²) in [5, 5.41) is 14.2. The molecule has 7 heteroatoms. The van der Waals surface area contributed by atoms with Crippen molar-refractivity contribution in [2.24, 2.45) is 0 Å². The fourth-order valence-electron chi connectivity index (χ4n) is 1.87. The minimum absolute atomic E-state index is 0.311. The molecule has 21 heavy (non-hydrogen) atoms. The van der Waals surface area contributed by atoms with Gasteiger partial charge in [0.05, 0.1) is 17.4 Å². The number of thiazole rings is 1. The van der Waals surface area contributed by atoms with Gasteiger partial charge < -0.3 is 9.94 Å². The van der Waals surface area contributed by atoms with Crippen LogP contribution in [0.25, 0.3) is 10.2 Å². The first-order valence-corrected chi connectivity index (χ1v) is 6.93. The molecule has 6 nitrogen and oxygen atoms in total. The second kappa shape index (κ2) is 5.37. The van der Waals surface area contributed by atoms with Gasteiger partial charge in [-0.05, 0) is 12.1 Å². The molecule has 0 radical (unpaired) electrons. The van der Waals surface area contributed by atoms with E-state index in [1.807, 2.05) is 18.2 Å². The predicted molar refractivity (Wildman–Crippen MR) is 79.5 cm³/mol. The average Bonchev–Trinajstić information content (AvgIpc) is 2.90. The molecule has 2 heterocycles. The number of carbonyl (C=O) groups excluding carboxylic acids is 1. The lowest BCUT2D eigenvalue weighted by atomic mass is 10.2. The average molecular weight is 301 g/mol. The molecule has 0 aliphatic carbocycles. The number of nitrogens with zero attached hydrogens (tertiary/aromatic N) is 2. The summed E-state index contributed by atoms with van der Waals surface area (Å²) in [6.07, 6.45) is 2.55. The van der Waals surface area contributed by atoms with Crippen LogP contribution in [0.3, 0.4) is 0 Å². The number of para-hydroxylation sites is 1. The van der Waals surface area contributed by atoms with Gasteiger partial charge in [-0.15, -0.1) is 0 Å². The molecule has 0 fully saturated rings. The first-order chi connectivity index (χ1) is 10.2. The van der Waals surface area contributed by atoms with Crippen LogP contribution in [-0.4, -0.2) is 18.0 Å². The molecule has 0 unspecified atom stereocenters. The number of benzene rings is 1. The van der Waals surface area contributed by atoms with Crippen LogP contribution in [0.15, 0.2) is 42.7 Å². The van der Waals surface area contributed by atoms with Crippen LogP contribution < -0.4 is 14.8 Å². The van der Waals surface area contributed by atoms with Crippen LogP contribution in [0.4, 0.5) is 5.13 Å². The van der Waals surface area contributed by atoms with Crippen molar-refractivity contribution in [3.63, 3.8) is 0 Å². The number of hydrogen-bond acceptors (Lipinski definition) is 5. The van der Waals surface area contributed by atoms with Gasteiger partial charge in [0, 0.05) is 12.1 Å². The summed E-state index contributed by atoms with van der Waals surface area (Å²) in [6, 6.07) is 8.51. The van der Waals surface area contributed by atoms with Crippen molar-refractivity contribution in [2.75, 3.05) is 12.4 Å². The minimum atomic E-state index is -0.311. The number of pyridine rings is 1. The Morgan fingerprint density at radius 1 is 1.33 bits per heavy atom. The second-order valence-corrected chi connectivity index (χ2v) is 5.26. The molecule has 0 spiro atoms. The largest absolute Gasteiger partial charge is 0.619 e. The Morgan fingerprint density at radius 2 is 2.10 bits per heavy atom.